The maximum atomic E-state index is 12.2. The third-order valence-corrected chi connectivity index (χ3v) is 7.17. The number of phenols is 2. The summed E-state index contributed by atoms with van der Waals surface area (Å²) in [4.78, 5) is 23.5. The maximum absolute atomic E-state index is 12.2. The molecule has 3 N–H and O–H groups in total. The van der Waals surface area contributed by atoms with Crippen LogP contribution in [0.2, 0.25) is 0 Å². The van der Waals surface area contributed by atoms with E-state index in [1.807, 2.05) is 45.9 Å². The Hall–Kier alpha value is -4.78. The first-order chi connectivity index (χ1) is 18.4. The van der Waals surface area contributed by atoms with Crippen LogP contribution < -0.4 is 9.47 Å². The van der Waals surface area contributed by atoms with Crippen molar-refractivity contribution in [3.05, 3.63) is 113 Å². The van der Waals surface area contributed by atoms with Crippen LogP contribution in [-0.4, -0.2) is 27.8 Å². The predicted molar refractivity (Wildman–Crippen MR) is 147 cm³/mol. The molecule has 0 aliphatic rings. The number of carboxylic acids is 1. The standard InChI is InChI=1S/C32H30O7/c1-31(2,20-5-11-24(34)12-6-20)22-9-15-27(26(17-22)30(36)37)39-28-16-10-23(18-29(28)38-19-33)32(3,4)21-7-13-25(35)14-8-21/h5-19,34-35H,1-4H3,(H,36,37). The molecule has 4 aromatic carbocycles. The van der Waals surface area contributed by atoms with Gasteiger partial charge in [-0.05, 0) is 70.8 Å². The van der Waals surface area contributed by atoms with Crippen molar-refractivity contribution in [2.24, 2.45) is 0 Å². The van der Waals surface area contributed by atoms with E-state index < -0.39 is 16.8 Å². The second kappa shape index (κ2) is 10.5. The molecule has 0 amide bonds. The Balaban J connectivity index is 1.70. The molecule has 0 aromatic heterocycles. The lowest BCUT2D eigenvalue weighted by molar-refractivity contribution is -0.120. The number of carboxylic acid groups (broad SMARTS) is 1. The highest BCUT2D eigenvalue weighted by Crippen LogP contribution is 2.41. The fraction of sp³-hybridized carbons (Fsp3) is 0.188. The molecule has 39 heavy (non-hydrogen) atoms. The molecule has 0 radical (unpaired) electrons. The molecule has 7 nitrogen and oxygen atoms in total. The van der Waals surface area contributed by atoms with Gasteiger partial charge in [-0.3, -0.25) is 4.79 Å². The van der Waals surface area contributed by atoms with Crippen LogP contribution in [0, 0.1) is 0 Å². The van der Waals surface area contributed by atoms with Gasteiger partial charge in [0.2, 0.25) is 0 Å². The van der Waals surface area contributed by atoms with Crippen LogP contribution in [0.5, 0.6) is 28.7 Å². The minimum atomic E-state index is -1.17. The van der Waals surface area contributed by atoms with E-state index in [-0.39, 0.29) is 34.3 Å². The molecule has 0 heterocycles. The molecule has 200 valence electrons. The molecule has 0 fully saturated rings. The summed E-state index contributed by atoms with van der Waals surface area (Å²) >= 11 is 0. The Morgan fingerprint density at radius 2 is 1.08 bits per heavy atom. The summed E-state index contributed by atoms with van der Waals surface area (Å²) in [6, 6.07) is 23.7. The minimum Gasteiger partial charge on any atom is -0.508 e. The molecule has 0 aliphatic heterocycles. The summed E-state index contributed by atoms with van der Waals surface area (Å²) in [6.07, 6.45) is 0. The molecule has 4 rings (SSSR count). The number of aromatic hydroxyl groups is 2. The highest BCUT2D eigenvalue weighted by atomic mass is 16.5. The van der Waals surface area contributed by atoms with Gasteiger partial charge in [0, 0.05) is 10.8 Å². The first-order valence-corrected chi connectivity index (χ1v) is 12.3. The number of hydrogen-bond acceptors (Lipinski definition) is 6. The number of aromatic carboxylic acids is 1. The van der Waals surface area contributed by atoms with Crippen LogP contribution in [0.25, 0.3) is 0 Å². The van der Waals surface area contributed by atoms with Gasteiger partial charge in [-0.1, -0.05) is 64.1 Å². The fourth-order valence-corrected chi connectivity index (χ4v) is 4.51. The second-order valence-corrected chi connectivity index (χ2v) is 10.3. The first kappa shape index (κ1) is 27.3. The van der Waals surface area contributed by atoms with Gasteiger partial charge in [-0.2, -0.15) is 0 Å². The largest absolute Gasteiger partial charge is 0.508 e. The van der Waals surface area contributed by atoms with Crippen LogP contribution >= 0.6 is 0 Å². The molecule has 0 saturated heterocycles. The normalized spacial score (nSPS) is 11.6. The molecule has 0 aliphatic carbocycles. The highest BCUT2D eigenvalue weighted by Gasteiger charge is 2.27. The summed E-state index contributed by atoms with van der Waals surface area (Å²) in [5.41, 5.74) is 2.30. The maximum Gasteiger partial charge on any atom is 0.339 e. The lowest BCUT2D eigenvalue weighted by Gasteiger charge is -2.27. The smallest absolute Gasteiger partial charge is 0.339 e. The van der Waals surface area contributed by atoms with E-state index in [9.17, 15) is 24.9 Å². The molecule has 0 bridgehead atoms. The van der Waals surface area contributed by atoms with Crippen molar-refractivity contribution < 1.29 is 34.4 Å². The number of carbonyl (C=O) groups excluding carboxylic acids is 1. The third-order valence-electron chi connectivity index (χ3n) is 7.17. The summed E-state index contributed by atoms with van der Waals surface area (Å²) in [7, 11) is 0. The quantitative estimate of drug-likeness (QED) is 0.206. The van der Waals surface area contributed by atoms with Gasteiger partial charge in [0.15, 0.2) is 11.5 Å². The van der Waals surface area contributed by atoms with E-state index in [4.69, 9.17) is 9.47 Å². The Morgan fingerprint density at radius 3 is 1.54 bits per heavy atom. The highest BCUT2D eigenvalue weighted by molar-refractivity contribution is 5.91. The molecule has 0 spiro atoms. The number of hydrogen-bond donors (Lipinski definition) is 3. The zero-order chi connectivity index (χ0) is 28.4. The van der Waals surface area contributed by atoms with Crippen LogP contribution in [0.4, 0.5) is 0 Å². The monoisotopic (exact) mass is 526 g/mol. The van der Waals surface area contributed by atoms with Gasteiger partial charge in [-0.25, -0.2) is 4.79 Å². The van der Waals surface area contributed by atoms with Crippen molar-refractivity contribution in [1.82, 2.24) is 0 Å². The lowest BCUT2D eigenvalue weighted by Crippen LogP contribution is -2.19. The summed E-state index contributed by atoms with van der Waals surface area (Å²) in [6.45, 7) is 8.21. The average Bonchev–Trinajstić information content (AvgIpc) is 2.90. The van der Waals surface area contributed by atoms with Gasteiger partial charge >= 0.3 is 5.97 Å². The number of carbonyl (C=O) groups is 2. The fourth-order valence-electron chi connectivity index (χ4n) is 4.51. The van der Waals surface area contributed by atoms with E-state index in [1.165, 1.54) is 0 Å². The SMILES string of the molecule is CC(C)(c1ccc(O)cc1)c1ccc(Oc2ccc(C(C)(C)c3ccc(O)cc3)cc2C(=O)O)c(OC=O)c1. The predicted octanol–water partition coefficient (Wildman–Crippen LogP) is 6.78. The van der Waals surface area contributed by atoms with Crippen molar-refractivity contribution in [3.8, 4) is 28.7 Å². The van der Waals surface area contributed by atoms with Crippen LogP contribution in [0.1, 0.15) is 60.3 Å². The first-order valence-electron chi connectivity index (χ1n) is 12.3. The minimum absolute atomic E-state index is 0.0510. The molecule has 0 atom stereocenters. The molecular formula is C32H30O7. The van der Waals surface area contributed by atoms with Crippen molar-refractivity contribution >= 4 is 12.4 Å². The molecule has 0 saturated carbocycles. The Bertz CT molecular complexity index is 1500. The van der Waals surface area contributed by atoms with Crippen LogP contribution in [-0.2, 0) is 15.6 Å². The number of phenolic OH excluding ortho intramolecular Hbond substituents is 2. The van der Waals surface area contributed by atoms with Gasteiger partial charge in [0.25, 0.3) is 6.47 Å². The number of ether oxygens (including phenoxy) is 2. The number of rotatable bonds is 9. The van der Waals surface area contributed by atoms with Gasteiger partial charge in [0.1, 0.15) is 22.8 Å². The van der Waals surface area contributed by atoms with Crippen molar-refractivity contribution in [2.45, 2.75) is 38.5 Å². The van der Waals surface area contributed by atoms with Gasteiger partial charge in [0.05, 0.1) is 0 Å². The van der Waals surface area contributed by atoms with Crippen molar-refractivity contribution in [2.75, 3.05) is 0 Å². The van der Waals surface area contributed by atoms with E-state index in [0.717, 1.165) is 22.3 Å². The van der Waals surface area contributed by atoms with Gasteiger partial charge < -0.3 is 24.8 Å². The topological polar surface area (TPSA) is 113 Å². The van der Waals surface area contributed by atoms with Gasteiger partial charge in [-0.15, -0.1) is 0 Å². The molecular weight excluding hydrogens is 496 g/mol. The Kier molecular flexibility index (Phi) is 7.36. The summed E-state index contributed by atoms with van der Waals surface area (Å²) < 4.78 is 11.2. The lowest BCUT2D eigenvalue weighted by atomic mass is 9.77. The molecule has 7 heteroatoms. The summed E-state index contributed by atoms with van der Waals surface area (Å²) in [5.74, 6) is -0.449. The van der Waals surface area contributed by atoms with Crippen molar-refractivity contribution in [1.29, 1.82) is 0 Å². The second-order valence-electron chi connectivity index (χ2n) is 10.3. The van der Waals surface area contributed by atoms with E-state index >= 15 is 0 Å². The van der Waals surface area contributed by atoms with E-state index in [0.29, 0.717) is 6.47 Å². The van der Waals surface area contributed by atoms with Crippen LogP contribution in [0.15, 0.2) is 84.9 Å². The summed E-state index contributed by atoms with van der Waals surface area (Å²) in [5, 5.41) is 29.3. The Morgan fingerprint density at radius 1 is 0.641 bits per heavy atom. The zero-order valence-corrected chi connectivity index (χ0v) is 22.1. The van der Waals surface area contributed by atoms with E-state index in [1.54, 1.807) is 66.7 Å². The third kappa shape index (κ3) is 5.57. The van der Waals surface area contributed by atoms with E-state index in [2.05, 4.69) is 0 Å². The van der Waals surface area contributed by atoms with Crippen molar-refractivity contribution in [3.63, 3.8) is 0 Å². The molecule has 0 unspecified atom stereocenters. The molecule has 4 aromatic rings. The average molecular weight is 527 g/mol. The Labute approximate surface area is 226 Å². The van der Waals surface area contributed by atoms with Crippen LogP contribution in [0.3, 0.4) is 0 Å². The number of benzene rings is 4. The zero-order valence-electron chi connectivity index (χ0n) is 22.1.